The first-order valence-electron chi connectivity index (χ1n) is 7.76. The maximum atomic E-state index is 12.3. The van der Waals surface area contributed by atoms with Crippen LogP contribution in [0, 0.1) is 6.92 Å². The Morgan fingerprint density at radius 1 is 1.46 bits per heavy atom. The lowest BCUT2D eigenvalue weighted by atomic mass is 10.0. The highest BCUT2D eigenvalue weighted by atomic mass is 16.3. The number of carbonyl (C=O) groups excluding carboxylic acids is 1. The fraction of sp³-hybridized carbons (Fsp3) is 0.438. The number of likely N-dealkylation sites (N-methyl/N-ethyl adjacent to an activating group) is 1. The van der Waals surface area contributed by atoms with Crippen LogP contribution in [0.15, 0.2) is 30.7 Å². The zero-order valence-electron chi connectivity index (χ0n) is 13.8. The summed E-state index contributed by atoms with van der Waals surface area (Å²) in [5, 5.41) is 18.4. The van der Waals surface area contributed by atoms with E-state index in [4.69, 9.17) is 0 Å². The maximum absolute atomic E-state index is 12.3. The standard InChI is InChI=1S/C16H20N6O2/c1-12-8-14(18-11-17-12)22-7-5-16(24,10-22)9-21(2)15(23)13-4-3-6-19-20-13/h3-4,6,8,11,24H,5,7,9-10H2,1-2H3. The maximum Gasteiger partial charge on any atom is 0.274 e. The van der Waals surface area contributed by atoms with Gasteiger partial charge in [-0.3, -0.25) is 4.79 Å². The lowest BCUT2D eigenvalue weighted by Crippen LogP contribution is -2.46. The van der Waals surface area contributed by atoms with Gasteiger partial charge in [0, 0.05) is 38.1 Å². The minimum Gasteiger partial charge on any atom is -0.386 e. The van der Waals surface area contributed by atoms with Gasteiger partial charge in [-0.25, -0.2) is 9.97 Å². The zero-order chi connectivity index (χ0) is 17.2. The first kappa shape index (κ1) is 16.3. The molecule has 1 saturated heterocycles. The zero-order valence-corrected chi connectivity index (χ0v) is 13.8. The van der Waals surface area contributed by atoms with E-state index < -0.39 is 5.60 Å². The summed E-state index contributed by atoms with van der Waals surface area (Å²) in [6.45, 7) is 3.23. The molecular formula is C16H20N6O2. The van der Waals surface area contributed by atoms with E-state index in [1.165, 1.54) is 17.4 Å². The second kappa shape index (κ2) is 6.48. The molecule has 8 nitrogen and oxygen atoms in total. The predicted octanol–water partition coefficient (Wildman–Crippen LogP) is 0.288. The Morgan fingerprint density at radius 2 is 2.29 bits per heavy atom. The number of carbonyl (C=O) groups is 1. The van der Waals surface area contributed by atoms with E-state index in [2.05, 4.69) is 20.2 Å². The Bertz CT molecular complexity index is 726. The molecule has 0 aromatic carbocycles. The number of rotatable bonds is 4. The van der Waals surface area contributed by atoms with Crippen LogP contribution in [0.5, 0.6) is 0 Å². The average molecular weight is 328 g/mol. The van der Waals surface area contributed by atoms with Crippen molar-refractivity contribution in [3.8, 4) is 0 Å². The van der Waals surface area contributed by atoms with Gasteiger partial charge in [0.15, 0.2) is 5.69 Å². The third kappa shape index (κ3) is 3.48. The number of β-amino-alcohol motifs (C(OH)–C–C–N with tert-alkyl or cyclic N) is 1. The van der Waals surface area contributed by atoms with Crippen molar-refractivity contribution in [3.05, 3.63) is 42.1 Å². The van der Waals surface area contributed by atoms with Gasteiger partial charge in [0.2, 0.25) is 0 Å². The molecule has 3 heterocycles. The van der Waals surface area contributed by atoms with Crippen LogP contribution in [-0.4, -0.2) is 68.4 Å². The minimum absolute atomic E-state index is 0.225. The molecule has 1 fully saturated rings. The van der Waals surface area contributed by atoms with E-state index in [-0.39, 0.29) is 18.1 Å². The van der Waals surface area contributed by atoms with Gasteiger partial charge in [-0.15, -0.1) is 5.10 Å². The third-order valence-corrected chi connectivity index (χ3v) is 4.12. The van der Waals surface area contributed by atoms with Gasteiger partial charge < -0.3 is 14.9 Å². The van der Waals surface area contributed by atoms with Crippen molar-refractivity contribution >= 4 is 11.7 Å². The highest BCUT2D eigenvalue weighted by molar-refractivity contribution is 5.91. The second-order valence-corrected chi connectivity index (χ2v) is 6.18. The molecule has 0 aliphatic carbocycles. The molecule has 2 aromatic rings. The number of anilines is 1. The summed E-state index contributed by atoms with van der Waals surface area (Å²) in [6, 6.07) is 5.16. The topological polar surface area (TPSA) is 95.3 Å². The molecular weight excluding hydrogens is 308 g/mol. The van der Waals surface area contributed by atoms with Crippen molar-refractivity contribution in [3.63, 3.8) is 0 Å². The van der Waals surface area contributed by atoms with E-state index >= 15 is 0 Å². The van der Waals surface area contributed by atoms with E-state index in [0.29, 0.717) is 19.5 Å². The Hall–Kier alpha value is -2.61. The molecule has 3 rings (SSSR count). The van der Waals surface area contributed by atoms with Crippen LogP contribution >= 0.6 is 0 Å². The van der Waals surface area contributed by atoms with Crippen molar-refractivity contribution in [1.29, 1.82) is 0 Å². The van der Waals surface area contributed by atoms with Crippen molar-refractivity contribution in [2.24, 2.45) is 0 Å². The molecule has 24 heavy (non-hydrogen) atoms. The van der Waals surface area contributed by atoms with Gasteiger partial charge in [0.25, 0.3) is 5.91 Å². The fourth-order valence-corrected chi connectivity index (χ4v) is 2.92. The molecule has 1 N–H and O–H groups in total. The van der Waals surface area contributed by atoms with Gasteiger partial charge in [-0.2, -0.15) is 5.10 Å². The molecule has 2 aromatic heterocycles. The predicted molar refractivity (Wildman–Crippen MR) is 87.5 cm³/mol. The Labute approximate surface area is 140 Å². The smallest absolute Gasteiger partial charge is 0.274 e. The Morgan fingerprint density at radius 3 is 3.00 bits per heavy atom. The first-order chi connectivity index (χ1) is 11.5. The van der Waals surface area contributed by atoms with Crippen LogP contribution in [0.4, 0.5) is 5.82 Å². The van der Waals surface area contributed by atoms with Gasteiger partial charge in [0.05, 0.1) is 6.54 Å². The average Bonchev–Trinajstić information content (AvgIpc) is 2.97. The number of aryl methyl sites for hydroxylation is 1. The van der Waals surface area contributed by atoms with Crippen LogP contribution in [0.1, 0.15) is 22.6 Å². The molecule has 1 atom stereocenters. The van der Waals surface area contributed by atoms with Crippen molar-refractivity contribution in [2.75, 3.05) is 31.6 Å². The molecule has 1 aliphatic heterocycles. The van der Waals surface area contributed by atoms with E-state index in [1.807, 2.05) is 17.9 Å². The number of hydrogen-bond donors (Lipinski definition) is 1. The molecule has 0 radical (unpaired) electrons. The van der Waals surface area contributed by atoms with Crippen LogP contribution in [0.3, 0.4) is 0 Å². The van der Waals surface area contributed by atoms with Crippen LogP contribution in [-0.2, 0) is 0 Å². The fourth-order valence-electron chi connectivity index (χ4n) is 2.92. The monoisotopic (exact) mass is 328 g/mol. The molecule has 1 unspecified atom stereocenters. The SMILES string of the molecule is Cc1cc(N2CCC(O)(CN(C)C(=O)c3cccnn3)C2)ncn1. The summed E-state index contributed by atoms with van der Waals surface area (Å²) in [5.74, 6) is 0.536. The van der Waals surface area contributed by atoms with Crippen LogP contribution < -0.4 is 4.90 Å². The Balaban J connectivity index is 1.66. The van der Waals surface area contributed by atoms with Crippen molar-refractivity contribution < 1.29 is 9.90 Å². The molecule has 126 valence electrons. The molecule has 0 saturated carbocycles. The first-order valence-corrected chi connectivity index (χ1v) is 7.76. The highest BCUT2D eigenvalue weighted by Gasteiger charge is 2.38. The normalized spacial score (nSPS) is 20.2. The van der Waals surface area contributed by atoms with Gasteiger partial charge in [-0.05, 0) is 25.5 Å². The van der Waals surface area contributed by atoms with Gasteiger partial charge in [-0.1, -0.05) is 0 Å². The number of aliphatic hydroxyl groups is 1. The third-order valence-electron chi connectivity index (χ3n) is 4.12. The summed E-state index contributed by atoms with van der Waals surface area (Å²) in [4.78, 5) is 24.2. The molecule has 0 bridgehead atoms. The largest absolute Gasteiger partial charge is 0.386 e. The van der Waals surface area contributed by atoms with E-state index in [0.717, 1.165) is 11.5 Å². The van der Waals surface area contributed by atoms with Gasteiger partial charge >= 0.3 is 0 Å². The minimum atomic E-state index is -0.981. The highest BCUT2D eigenvalue weighted by Crippen LogP contribution is 2.26. The molecule has 8 heteroatoms. The van der Waals surface area contributed by atoms with Crippen molar-refractivity contribution in [2.45, 2.75) is 18.9 Å². The number of aromatic nitrogens is 4. The Kier molecular flexibility index (Phi) is 4.39. The molecule has 1 aliphatic rings. The van der Waals surface area contributed by atoms with Crippen LogP contribution in [0.2, 0.25) is 0 Å². The summed E-state index contributed by atoms with van der Waals surface area (Å²) in [7, 11) is 1.66. The molecule has 1 amide bonds. The van der Waals surface area contributed by atoms with Crippen molar-refractivity contribution in [1.82, 2.24) is 25.1 Å². The lowest BCUT2D eigenvalue weighted by molar-refractivity contribution is 0.0261. The quantitative estimate of drug-likeness (QED) is 0.861. The molecule has 0 spiro atoms. The summed E-state index contributed by atoms with van der Waals surface area (Å²) in [6.07, 6.45) is 3.60. The second-order valence-electron chi connectivity index (χ2n) is 6.18. The van der Waals surface area contributed by atoms with Gasteiger partial charge in [0.1, 0.15) is 17.7 Å². The summed E-state index contributed by atoms with van der Waals surface area (Å²) >= 11 is 0. The van der Waals surface area contributed by atoms with E-state index in [1.54, 1.807) is 19.2 Å². The number of amides is 1. The summed E-state index contributed by atoms with van der Waals surface area (Å²) < 4.78 is 0. The van der Waals surface area contributed by atoms with E-state index in [9.17, 15) is 9.90 Å². The van der Waals surface area contributed by atoms with Crippen LogP contribution in [0.25, 0.3) is 0 Å². The number of nitrogens with zero attached hydrogens (tertiary/aromatic N) is 6. The lowest BCUT2D eigenvalue weighted by Gasteiger charge is -2.29. The summed E-state index contributed by atoms with van der Waals surface area (Å²) in [5.41, 5.74) is 0.168. The number of hydrogen-bond acceptors (Lipinski definition) is 7.